The highest BCUT2D eigenvalue weighted by atomic mass is 16.6. The van der Waals surface area contributed by atoms with Crippen molar-refractivity contribution in [1.29, 1.82) is 0 Å². The number of aromatic nitrogens is 1. The van der Waals surface area contributed by atoms with Gasteiger partial charge in [0.1, 0.15) is 0 Å². The molecule has 1 aromatic heterocycles. The summed E-state index contributed by atoms with van der Waals surface area (Å²) in [7, 11) is 0. The molecule has 29 heavy (non-hydrogen) atoms. The van der Waals surface area contributed by atoms with E-state index in [2.05, 4.69) is 10.3 Å². The van der Waals surface area contributed by atoms with E-state index < -0.39 is 5.97 Å². The van der Waals surface area contributed by atoms with Crippen molar-refractivity contribution in [2.75, 3.05) is 26.3 Å². The quantitative estimate of drug-likeness (QED) is 0.750. The number of nitrogens with zero attached hydrogens (tertiary/aromatic N) is 1. The van der Waals surface area contributed by atoms with Crippen LogP contribution < -0.4 is 5.32 Å². The molecule has 1 aromatic carbocycles. The molecule has 1 fully saturated rings. The molecule has 8 heteroatoms. The third-order valence-corrected chi connectivity index (χ3v) is 5.26. The number of fused-ring (bicyclic) bond motifs is 1. The molecule has 156 valence electrons. The number of benzene rings is 1. The number of amides is 2. The Hall–Kier alpha value is -3.03. The minimum absolute atomic E-state index is 0.0475. The number of likely N-dealkylation sites (tertiary alicyclic amines) is 1. The van der Waals surface area contributed by atoms with Gasteiger partial charge in [0, 0.05) is 35.7 Å². The van der Waals surface area contributed by atoms with Gasteiger partial charge in [-0.15, -0.1) is 0 Å². The van der Waals surface area contributed by atoms with Crippen LogP contribution in [0.3, 0.4) is 0 Å². The van der Waals surface area contributed by atoms with Crippen molar-refractivity contribution in [3.05, 3.63) is 35.0 Å². The SMILES string of the molecule is CCOC(=O)N1CCC(NC(=O)COC(=O)c2ccc3[nH]c(C)c(C)c3c2)CC1. The van der Waals surface area contributed by atoms with E-state index in [1.54, 1.807) is 24.0 Å². The lowest BCUT2D eigenvalue weighted by atomic mass is 10.1. The molecule has 0 unspecified atom stereocenters. The number of rotatable bonds is 5. The van der Waals surface area contributed by atoms with E-state index in [4.69, 9.17) is 9.47 Å². The second-order valence-corrected chi connectivity index (χ2v) is 7.24. The van der Waals surface area contributed by atoms with Gasteiger partial charge in [0.2, 0.25) is 0 Å². The lowest BCUT2D eigenvalue weighted by Crippen LogP contribution is -2.47. The molecule has 8 nitrogen and oxygen atoms in total. The summed E-state index contributed by atoms with van der Waals surface area (Å²) in [5.74, 6) is -0.875. The van der Waals surface area contributed by atoms with E-state index in [0.29, 0.717) is 38.1 Å². The Morgan fingerprint density at radius 2 is 1.90 bits per heavy atom. The number of piperidine rings is 1. The number of hydrogen-bond donors (Lipinski definition) is 2. The molecule has 0 radical (unpaired) electrons. The summed E-state index contributed by atoms with van der Waals surface area (Å²) in [6.45, 7) is 6.80. The van der Waals surface area contributed by atoms with Crippen molar-refractivity contribution in [3.63, 3.8) is 0 Å². The van der Waals surface area contributed by atoms with Gasteiger partial charge in [-0.25, -0.2) is 9.59 Å². The van der Waals surface area contributed by atoms with Gasteiger partial charge in [-0.2, -0.15) is 0 Å². The van der Waals surface area contributed by atoms with Gasteiger partial charge >= 0.3 is 12.1 Å². The molecule has 2 heterocycles. The van der Waals surface area contributed by atoms with Gasteiger partial charge in [-0.05, 0) is 57.4 Å². The highest BCUT2D eigenvalue weighted by Crippen LogP contribution is 2.22. The van der Waals surface area contributed by atoms with Crippen LogP contribution in [0.15, 0.2) is 18.2 Å². The molecule has 0 spiro atoms. The smallest absolute Gasteiger partial charge is 0.409 e. The van der Waals surface area contributed by atoms with Gasteiger partial charge in [0.15, 0.2) is 6.61 Å². The van der Waals surface area contributed by atoms with Crippen LogP contribution in [-0.4, -0.2) is 60.2 Å². The predicted octanol–water partition coefficient (Wildman–Crippen LogP) is 2.68. The van der Waals surface area contributed by atoms with Gasteiger partial charge in [-0.3, -0.25) is 4.79 Å². The molecule has 0 bridgehead atoms. The zero-order chi connectivity index (χ0) is 21.0. The lowest BCUT2D eigenvalue weighted by molar-refractivity contribution is -0.125. The topological polar surface area (TPSA) is 101 Å². The molecular formula is C21H27N3O5. The average molecular weight is 401 g/mol. The van der Waals surface area contributed by atoms with E-state index in [9.17, 15) is 14.4 Å². The maximum atomic E-state index is 12.3. The van der Waals surface area contributed by atoms with Crippen molar-refractivity contribution >= 4 is 28.9 Å². The van der Waals surface area contributed by atoms with Crippen LogP contribution in [0.25, 0.3) is 10.9 Å². The van der Waals surface area contributed by atoms with Gasteiger partial charge < -0.3 is 24.7 Å². The minimum atomic E-state index is -0.530. The predicted molar refractivity (Wildman–Crippen MR) is 108 cm³/mol. The highest BCUT2D eigenvalue weighted by Gasteiger charge is 2.24. The van der Waals surface area contributed by atoms with Crippen LogP contribution in [0.2, 0.25) is 0 Å². The van der Waals surface area contributed by atoms with E-state index >= 15 is 0 Å². The molecule has 1 saturated heterocycles. The van der Waals surface area contributed by atoms with Crippen molar-refractivity contribution in [2.45, 2.75) is 39.7 Å². The standard InChI is InChI=1S/C21H27N3O5/c1-4-28-21(27)24-9-7-16(8-10-24)23-19(25)12-29-20(26)15-5-6-18-17(11-15)13(2)14(3)22-18/h5-6,11,16,22H,4,7-10,12H2,1-3H3,(H,23,25). The Bertz CT molecular complexity index is 912. The molecule has 1 aliphatic heterocycles. The first-order chi connectivity index (χ1) is 13.9. The maximum Gasteiger partial charge on any atom is 0.409 e. The zero-order valence-electron chi connectivity index (χ0n) is 17.0. The molecule has 3 rings (SSSR count). The van der Waals surface area contributed by atoms with E-state index in [1.165, 1.54) is 0 Å². The first kappa shape index (κ1) is 20.7. The molecule has 2 aromatic rings. The Balaban J connectivity index is 1.47. The third-order valence-electron chi connectivity index (χ3n) is 5.26. The molecule has 2 amide bonds. The van der Waals surface area contributed by atoms with Gasteiger partial charge in [-0.1, -0.05) is 0 Å². The number of hydrogen-bond acceptors (Lipinski definition) is 5. The van der Waals surface area contributed by atoms with Gasteiger partial charge in [0.25, 0.3) is 5.91 Å². The van der Waals surface area contributed by atoms with Crippen LogP contribution in [0.1, 0.15) is 41.4 Å². The van der Waals surface area contributed by atoms with Gasteiger partial charge in [0.05, 0.1) is 12.2 Å². The number of ether oxygens (including phenoxy) is 2. The molecule has 1 aliphatic rings. The van der Waals surface area contributed by atoms with E-state index in [1.807, 2.05) is 19.9 Å². The van der Waals surface area contributed by atoms with Crippen LogP contribution in [0.4, 0.5) is 4.79 Å². The molecule has 2 N–H and O–H groups in total. The van der Waals surface area contributed by atoms with Crippen LogP contribution in [-0.2, 0) is 14.3 Å². The second kappa shape index (κ2) is 8.98. The first-order valence-corrected chi connectivity index (χ1v) is 9.86. The summed E-state index contributed by atoms with van der Waals surface area (Å²) < 4.78 is 10.2. The zero-order valence-corrected chi connectivity index (χ0v) is 17.0. The number of carbonyl (C=O) groups is 3. The van der Waals surface area contributed by atoms with Crippen LogP contribution >= 0.6 is 0 Å². The number of nitrogens with one attached hydrogen (secondary N) is 2. The second-order valence-electron chi connectivity index (χ2n) is 7.24. The Morgan fingerprint density at radius 1 is 1.17 bits per heavy atom. The molecule has 0 aliphatic carbocycles. The Kier molecular flexibility index (Phi) is 6.41. The average Bonchev–Trinajstić information content (AvgIpc) is 3.00. The third kappa shape index (κ3) is 4.88. The Labute approximate surface area is 169 Å². The monoisotopic (exact) mass is 401 g/mol. The summed E-state index contributed by atoms with van der Waals surface area (Å²) in [5, 5.41) is 3.83. The number of esters is 1. The molecule has 0 saturated carbocycles. The summed E-state index contributed by atoms with van der Waals surface area (Å²) >= 11 is 0. The number of aryl methyl sites for hydroxylation is 2. The van der Waals surface area contributed by atoms with Crippen molar-refractivity contribution in [2.24, 2.45) is 0 Å². The summed E-state index contributed by atoms with van der Waals surface area (Å²) in [5.41, 5.74) is 3.51. The Morgan fingerprint density at radius 3 is 2.59 bits per heavy atom. The first-order valence-electron chi connectivity index (χ1n) is 9.86. The van der Waals surface area contributed by atoms with Crippen molar-refractivity contribution < 1.29 is 23.9 Å². The maximum absolute atomic E-state index is 12.3. The number of carbonyl (C=O) groups excluding carboxylic acids is 3. The lowest BCUT2D eigenvalue weighted by Gasteiger charge is -2.31. The van der Waals surface area contributed by atoms with Crippen molar-refractivity contribution in [1.82, 2.24) is 15.2 Å². The highest BCUT2D eigenvalue weighted by molar-refractivity contribution is 5.96. The largest absolute Gasteiger partial charge is 0.452 e. The summed E-state index contributed by atoms with van der Waals surface area (Å²) in [6.07, 6.45) is 0.957. The molecular weight excluding hydrogens is 374 g/mol. The van der Waals surface area contributed by atoms with Crippen molar-refractivity contribution in [3.8, 4) is 0 Å². The molecule has 0 atom stereocenters. The fraction of sp³-hybridized carbons (Fsp3) is 0.476. The summed E-state index contributed by atoms with van der Waals surface area (Å²) in [6, 6.07) is 5.25. The minimum Gasteiger partial charge on any atom is -0.452 e. The summed E-state index contributed by atoms with van der Waals surface area (Å²) in [4.78, 5) is 41.0. The van der Waals surface area contributed by atoms with Crippen LogP contribution in [0.5, 0.6) is 0 Å². The fourth-order valence-corrected chi connectivity index (χ4v) is 3.49. The number of H-pyrrole nitrogens is 1. The van der Waals surface area contributed by atoms with E-state index in [-0.39, 0.29) is 24.6 Å². The fourth-order valence-electron chi connectivity index (χ4n) is 3.49. The number of aromatic amines is 1. The normalized spacial score (nSPS) is 14.7. The van der Waals surface area contributed by atoms with E-state index in [0.717, 1.165) is 22.2 Å². The van der Waals surface area contributed by atoms with Crippen LogP contribution in [0, 0.1) is 13.8 Å².